The Morgan fingerprint density at radius 3 is 2.19 bits per heavy atom. The number of carbonyl (C=O) groups is 1. The minimum Gasteiger partial charge on any atom is -0.361 e. The second kappa shape index (κ2) is 6.34. The molecule has 26 heavy (non-hydrogen) atoms. The molecule has 1 aliphatic rings. The van der Waals surface area contributed by atoms with Crippen molar-refractivity contribution in [3.63, 3.8) is 0 Å². The highest BCUT2D eigenvalue weighted by molar-refractivity contribution is 6.01. The van der Waals surface area contributed by atoms with E-state index in [1.54, 1.807) is 30.3 Å². The number of carbonyl (C=O) groups excluding carboxylic acids is 1. The first-order chi connectivity index (χ1) is 12.1. The van der Waals surface area contributed by atoms with Crippen LogP contribution in [0.2, 0.25) is 0 Å². The summed E-state index contributed by atoms with van der Waals surface area (Å²) in [4.78, 5) is 13.5. The Kier molecular flexibility index (Phi) is 4.46. The Morgan fingerprint density at radius 1 is 1.00 bits per heavy atom. The molecule has 6 heteroatoms. The second-order valence-electron chi connectivity index (χ2n) is 7.51. The fourth-order valence-electron chi connectivity index (χ4n) is 3.08. The van der Waals surface area contributed by atoms with E-state index in [0.717, 1.165) is 10.5 Å². The first-order valence-electron chi connectivity index (χ1n) is 8.40. The van der Waals surface area contributed by atoms with Crippen LogP contribution in [0.1, 0.15) is 48.4 Å². The second-order valence-corrected chi connectivity index (χ2v) is 7.51. The average Bonchev–Trinajstić information content (AvgIpc) is 2.56. The van der Waals surface area contributed by atoms with Crippen LogP contribution in [-0.4, -0.2) is 23.5 Å². The molecule has 1 N–H and O–H groups in total. The van der Waals surface area contributed by atoms with Crippen LogP contribution in [0.3, 0.4) is 0 Å². The number of halogens is 3. The number of nitrogens with zero attached hydrogens (tertiary/aromatic N) is 1. The Morgan fingerprint density at radius 2 is 1.62 bits per heavy atom. The molecule has 0 aromatic heterocycles. The van der Waals surface area contributed by atoms with Crippen LogP contribution in [0.15, 0.2) is 48.5 Å². The lowest BCUT2D eigenvalue weighted by molar-refractivity contribution is -0.144. The molecule has 0 radical (unpaired) electrons. The van der Waals surface area contributed by atoms with E-state index in [9.17, 15) is 18.0 Å². The van der Waals surface area contributed by atoms with Crippen LogP contribution in [0, 0.1) is 0 Å². The van der Waals surface area contributed by atoms with Gasteiger partial charge in [-0.15, -0.1) is 0 Å². The van der Waals surface area contributed by atoms with Gasteiger partial charge in [0.1, 0.15) is 12.7 Å². The Bertz CT molecular complexity index is 807. The number of anilines is 1. The van der Waals surface area contributed by atoms with Crippen molar-refractivity contribution in [3.8, 4) is 0 Å². The highest BCUT2D eigenvalue weighted by Crippen LogP contribution is 2.35. The SMILES string of the molecule is CC(C)(C)c1ccc([C@H]2Nc3ccccc3C(=O)N2CC(F)(F)F)cc1. The number of hydrogen-bond acceptors (Lipinski definition) is 2. The van der Waals surface area contributed by atoms with E-state index in [4.69, 9.17) is 0 Å². The van der Waals surface area contributed by atoms with Crippen molar-refractivity contribution < 1.29 is 18.0 Å². The van der Waals surface area contributed by atoms with E-state index in [1.807, 2.05) is 12.1 Å². The molecule has 1 heterocycles. The summed E-state index contributed by atoms with van der Waals surface area (Å²) in [5.74, 6) is -0.624. The van der Waals surface area contributed by atoms with Gasteiger partial charge in [-0.05, 0) is 28.7 Å². The highest BCUT2D eigenvalue weighted by atomic mass is 19.4. The number of hydrogen-bond donors (Lipinski definition) is 1. The zero-order valence-corrected chi connectivity index (χ0v) is 14.9. The van der Waals surface area contributed by atoms with Crippen LogP contribution >= 0.6 is 0 Å². The van der Waals surface area contributed by atoms with Crippen molar-refractivity contribution in [1.82, 2.24) is 4.90 Å². The van der Waals surface area contributed by atoms with Gasteiger partial charge in [0, 0.05) is 5.69 Å². The standard InChI is InChI=1S/C20H21F3N2O/c1-19(2,3)14-10-8-13(9-11-14)17-24-16-7-5-4-6-15(16)18(26)25(17)12-20(21,22)23/h4-11,17,24H,12H2,1-3H3/t17-/m0/s1. The number of benzene rings is 2. The van der Waals surface area contributed by atoms with Gasteiger partial charge in [-0.25, -0.2) is 0 Å². The summed E-state index contributed by atoms with van der Waals surface area (Å²) in [5, 5.41) is 3.08. The first kappa shape index (κ1) is 18.3. The molecule has 3 rings (SSSR count). The van der Waals surface area contributed by atoms with Gasteiger partial charge < -0.3 is 10.2 Å². The molecular weight excluding hydrogens is 341 g/mol. The number of fused-ring (bicyclic) bond motifs is 1. The Labute approximate surface area is 150 Å². The summed E-state index contributed by atoms with van der Waals surface area (Å²) < 4.78 is 39.2. The molecule has 1 amide bonds. The monoisotopic (exact) mass is 362 g/mol. The minimum absolute atomic E-state index is 0.0629. The van der Waals surface area contributed by atoms with Gasteiger partial charge in [-0.2, -0.15) is 13.2 Å². The molecule has 0 unspecified atom stereocenters. The van der Waals surface area contributed by atoms with Crippen molar-refractivity contribution in [2.45, 2.75) is 38.5 Å². The lowest BCUT2D eigenvalue weighted by Crippen LogP contribution is -2.47. The Balaban J connectivity index is 2.01. The molecule has 0 spiro atoms. The minimum atomic E-state index is -4.48. The zero-order chi connectivity index (χ0) is 19.1. The third-order valence-electron chi connectivity index (χ3n) is 4.46. The third-order valence-corrected chi connectivity index (χ3v) is 4.46. The summed E-state index contributed by atoms with van der Waals surface area (Å²) in [7, 11) is 0. The maximum atomic E-state index is 13.1. The highest BCUT2D eigenvalue weighted by Gasteiger charge is 2.40. The first-order valence-corrected chi connectivity index (χ1v) is 8.40. The molecule has 2 aromatic carbocycles. The van der Waals surface area contributed by atoms with Crippen LogP contribution in [0.25, 0.3) is 0 Å². The van der Waals surface area contributed by atoms with Crippen LogP contribution in [0.4, 0.5) is 18.9 Å². The molecular formula is C20H21F3N2O. The Hall–Kier alpha value is -2.50. The zero-order valence-electron chi connectivity index (χ0n) is 14.9. The van der Waals surface area contributed by atoms with Gasteiger partial charge in [0.05, 0.1) is 5.56 Å². The smallest absolute Gasteiger partial charge is 0.361 e. The summed E-state index contributed by atoms with van der Waals surface area (Å²) in [6, 6.07) is 14.0. The molecule has 0 bridgehead atoms. The molecule has 0 fully saturated rings. The van der Waals surface area contributed by atoms with Crippen molar-refractivity contribution >= 4 is 11.6 Å². The number of amides is 1. The largest absolute Gasteiger partial charge is 0.406 e. The van der Waals surface area contributed by atoms with E-state index in [2.05, 4.69) is 26.1 Å². The molecule has 0 saturated heterocycles. The summed E-state index contributed by atoms with van der Waals surface area (Å²) in [6.07, 6.45) is -5.35. The van der Waals surface area contributed by atoms with E-state index < -0.39 is 24.8 Å². The van der Waals surface area contributed by atoms with Gasteiger partial charge in [-0.3, -0.25) is 4.79 Å². The summed E-state index contributed by atoms with van der Waals surface area (Å²) >= 11 is 0. The molecule has 1 aliphatic heterocycles. The molecule has 138 valence electrons. The fraction of sp³-hybridized carbons (Fsp3) is 0.350. The number of alkyl halides is 3. The molecule has 3 nitrogen and oxygen atoms in total. The molecule has 0 aliphatic carbocycles. The van der Waals surface area contributed by atoms with E-state index in [0.29, 0.717) is 11.3 Å². The lowest BCUT2D eigenvalue weighted by atomic mass is 9.86. The van der Waals surface area contributed by atoms with Crippen molar-refractivity contribution in [2.75, 3.05) is 11.9 Å². The van der Waals surface area contributed by atoms with Crippen molar-refractivity contribution in [2.24, 2.45) is 0 Å². The number of nitrogens with one attached hydrogen (secondary N) is 1. The fourth-order valence-corrected chi connectivity index (χ4v) is 3.08. The number of rotatable bonds is 2. The van der Waals surface area contributed by atoms with Gasteiger partial charge >= 0.3 is 6.18 Å². The number of para-hydroxylation sites is 1. The van der Waals surface area contributed by atoms with E-state index in [-0.39, 0.29) is 11.0 Å². The van der Waals surface area contributed by atoms with Crippen molar-refractivity contribution in [3.05, 3.63) is 65.2 Å². The summed E-state index contributed by atoms with van der Waals surface area (Å²) in [5.41, 5.74) is 2.42. The van der Waals surface area contributed by atoms with Crippen molar-refractivity contribution in [1.29, 1.82) is 0 Å². The van der Waals surface area contributed by atoms with Crippen LogP contribution < -0.4 is 5.32 Å². The predicted octanol–water partition coefficient (Wildman–Crippen LogP) is 5.11. The van der Waals surface area contributed by atoms with Gasteiger partial charge in [0.15, 0.2) is 0 Å². The van der Waals surface area contributed by atoms with Gasteiger partial charge in [0.25, 0.3) is 5.91 Å². The van der Waals surface area contributed by atoms with Gasteiger partial charge in [0.2, 0.25) is 0 Å². The quantitative estimate of drug-likeness (QED) is 0.805. The molecule has 2 aromatic rings. The average molecular weight is 362 g/mol. The maximum absolute atomic E-state index is 13.1. The predicted molar refractivity (Wildman–Crippen MR) is 95.0 cm³/mol. The molecule has 0 saturated carbocycles. The maximum Gasteiger partial charge on any atom is 0.406 e. The van der Waals surface area contributed by atoms with Crippen LogP contribution in [0.5, 0.6) is 0 Å². The third kappa shape index (κ3) is 3.69. The summed E-state index contributed by atoms with van der Waals surface area (Å²) in [6.45, 7) is 4.89. The van der Waals surface area contributed by atoms with Crippen LogP contribution in [-0.2, 0) is 5.41 Å². The van der Waals surface area contributed by atoms with E-state index in [1.165, 1.54) is 6.07 Å². The van der Waals surface area contributed by atoms with E-state index >= 15 is 0 Å². The topological polar surface area (TPSA) is 32.3 Å². The normalized spacial score (nSPS) is 17.7. The van der Waals surface area contributed by atoms with Gasteiger partial charge in [-0.1, -0.05) is 57.2 Å². The lowest BCUT2D eigenvalue weighted by Gasteiger charge is -2.38. The molecule has 1 atom stereocenters.